The summed E-state index contributed by atoms with van der Waals surface area (Å²) >= 11 is 1.01. The number of hydrogen-bond acceptors (Lipinski definition) is 0. The van der Waals surface area contributed by atoms with Crippen molar-refractivity contribution < 1.29 is 26.1 Å². The number of rotatable bonds is 3. The molecule has 0 N–H and O–H groups in total. The van der Waals surface area contributed by atoms with Crippen LogP contribution in [0.25, 0.3) is 0 Å². The first-order chi connectivity index (χ1) is 11.2. The van der Waals surface area contributed by atoms with Crippen molar-refractivity contribution in [3.63, 3.8) is 0 Å². The van der Waals surface area contributed by atoms with Crippen LogP contribution >= 0.6 is 0 Å². The first kappa shape index (κ1) is 18.3. The van der Waals surface area contributed by atoms with Crippen LogP contribution in [0.4, 0.5) is 0 Å². The van der Waals surface area contributed by atoms with Gasteiger partial charge in [-0.05, 0) is 0 Å². The van der Waals surface area contributed by atoms with Gasteiger partial charge in [-0.15, -0.1) is 0 Å². The fourth-order valence-corrected chi connectivity index (χ4v) is 13.5. The summed E-state index contributed by atoms with van der Waals surface area (Å²) < 4.78 is 0.939. The molecule has 1 spiro atoms. The third kappa shape index (κ3) is 2.32. The summed E-state index contributed by atoms with van der Waals surface area (Å²) in [6.07, 6.45) is 20.8. The molecule has 0 radical (unpaired) electrons. The molecule has 24 heavy (non-hydrogen) atoms. The van der Waals surface area contributed by atoms with Crippen LogP contribution in [-0.4, -0.2) is 0 Å². The summed E-state index contributed by atoms with van der Waals surface area (Å²) in [5.41, 5.74) is 0.905. The molecule has 5 aliphatic rings. The summed E-state index contributed by atoms with van der Waals surface area (Å²) in [6.45, 7) is 2.39. The van der Waals surface area contributed by atoms with Gasteiger partial charge in [-0.3, -0.25) is 0 Å². The molecule has 1 heteroatoms. The molecular formula is C23H39Hg. The second-order valence-corrected chi connectivity index (χ2v) is 15.3. The number of hydrogen-bond donors (Lipinski definition) is 0. The third-order valence-corrected chi connectivity index (χ3v) is 15.5. The maximum atomic E-state index is 2.39. The third-order valence-electron chi connectivity index (χ3n) is 9.87. The molecule has 0 aromatic rings. The molecule has 5 saturated carbocycles. The van der Waals surface area contributed by atoms with E-state index in [-0.39, 0.29) is 7.43 Å². The van der Waals surface area contributed by atoms with Crippen LogP contribution in [0.5, 0.6) is 0 Å². The predicted octanol–water partition coefficient (Wildman–Crippen LogP) is 7.17. The van der Waals surface area contributed by atoms with Crippen molar-refractivity contribution in [1.29, 1.82) is 0 Å². The Balaban J connectivity index is 0.00000146. The Bertz CT molecular complexity index is 473. The van der Waals surface area contributed by atoms with Gasteiger partial charge in [0.1, 0.15) is 0 Å². The summed E-state index contributed by atoms with van der Waals surface area (Å²) in [5, 5.41) is 0. The molecule has 133 valence electrons. The summed E-state index contributed by atoms with van der Waals surface area (Å²) in [6, 6.07) is 0. The van der Waals surface area contributed by atoms with Crippen molar-refractivity contribution in [2.75, 3.05) is 0 Å². The number of fused-ring (bicyclic) bond motifs is 4. The van der Waals surface area contributed by atoms with Crippen molar-refractivity contribution >= 4 is 0 Å². The molecule has 0 saturated heterocycles. The van der Waals surface area contributed by atoms with E-state index in [1.807, 2.05) is 0 Å². The van der Waals surface area contributed by atoms with E-state index < -0.39 is 0 Å². The van der Waals surface area contributed by atoms with Gasteiger partial charge >= 0.3 is 160 Å². The maximum absolute atomic E-state index is 2.39. The van der Waals surface area contributed by atoms with Crippen LogP contribution in [0.3, 0.4) is 0 Å². The molecule has 0 amide bonds. The molecule has 0 aromatic carbocycles. The topological polar surface area (TPSA) is 0 Å². The van der Waals surface area contributed by atoms with Gasteiger partial charge in [0.05, 0.1) is 0 Å². The van der Waals surface area contributed by atoms with E-state index in [1.165, 1.54) is 48.3 Å². The SMILES string of the molecule is C.CCCCC1C2CCC3C4CCC5CCCC[C]5([Hg])C4CCC312. The molecule has 8 unspecified atom stereocenters. The van der Waals surface area contributed by atoms with Crippen LogP contribution in [-0.2, 0) is 26.1 Å². The van der Waals surface area contributed by atoms with E-state index in [2.05, 4.69) is 6.92 Å². The van der Waals surface area contributed by atoms with Gasteiger partial charge in [0.2, 0.25) is 0 Å². The molecule has 0 aliphatic heterocycles. The average Bonchev–Trinajstić information content (AvgIpc) is 2.97. The standard InChI is InChI=1S/C22H35.CH4.Hg/c1-2-3-8-20-21-12-11-19-18-10-9-15-6-4-5-7-16(15)17(18)13-14-22(19,20)21;;/h15,17-21H,2-14H2,1H3;1H4;. The van der Waals surface area contributed by atoms with Gasteiger partial charge in [0.15, 0.2) is 0 Å². The second-order valence-electron chi connectivity index (χ2n) is 10.2. The van der Waals surface area contributed by atoms with Gasteiger partial charge in [-0.2, -0.15) is 0 Å². The molecule has 0 nitrogen and oxygen atoms in total. The Morgan fingerprint density at radius 1 is 0.875 bits per heavy atom. The predicted molar refractivity (Wildman–Crippen MR) is 98.5 cm³/mol. The minimum atomic E-state index is 0. The zero-order valence-electron chi connectivity index (χ0n) is 15.4. The van der Waals surface area contributed by atoms with E-state index in [1.54, 1.807) is 70.6 Å². The Morgan fingerprint density at radius 2 is 1.71 bits per heavy atom. The van der Waals surface area contributed by atoms with Crippen molar-refractivity contribution in [3.05, 3.63) is 0 Å². The minimum absolute atomic E-state index is 0. The summed E-state index contributed by atoms with van der Waals surface area (Å²) in [7, 11) is 0. The van der Waals surface area contributed by atoms with Gasteiger partial charge in [0.25, 0.3) is 0 Å². The summed E-state index contributed by atoms with van der Waals surface area (Å²) in [4.78, 5) is 0. The molecule has 8 atom stereocenters. The van der Waals surface area contributed by atoms with Crippen molar-refractivity contribution in [2.24, 2.45) is 40.9 Å². The average molecular weight is 516 g/mol. The quantitative estimate of drug-likeness (QED) is 0.349. The van der Waals surface area contributed by atoms with E-state index in [4.69, 9.17) is 0 Å². The Kier molecular flexibility index (Phi) is 4.97. The van der Waals surface area contributed by atoms with E-state index >= 15 is 0 Å². The van der Waals surface area contributed by atoms with Crippen LogP contribution in [0.2, 0.25) is 2.92 Å². The molecule has 0 heterocycles. The molecule has 5 aliphatic carbocycles. The van der Waals surface area contributed by atoms with Gasteiger partial charge < -0.3 is 0 Å². The van der Waals surface area contributed by atoms with Crippen LogP contribution in [0.15, 0.2) is 0 Å². The van der Waals surface area contributed by atoms with Crippen LogP contribution < -0.4 is 0 Å². The van der Waals surface area contributed by atoms with Crippen LogP contribution in [0.1, 0.15) is 97.8 Å². The number of unbranched alkanes of at least 4 members (excludes halogenated alkanes) is 1. The first-order valence-corrected chi connectivity index (χ1v) is 13.8. The zero-order chi connectivity index (χ0) is 15.7. The Morgan fingerprint density at radius 3 is 2.54 bits per heavy atom. The van der Waals surface area contributed by atoms with E-state index in [0.29, 0.717) is 0 Å². The van der Waals surface area contributed by atoms with Crippen molar-refractivity contribution in [2.45, 2.75) is 101 Å². The Labute approximate surface area is 167 Å². The van der Waals surface area contributed by atoms with E-state index in [9.17, 15) is 0 Å². The van der Waals surface area contributed by atoms with E-state index in [0.717, 1.165) is 34.5 Å². The fraction of sp³-hybridized carbons (Fsp3) is 1.00. The normalized spacial score (nSPS) is 54.8. The van der Waals surface area contributed by atoms with Crippen molar-refractivity contribution in [1.82, 2.24) is 0 Å². The molecule has 5 rings (SSSR count). The van der Waals surface area contributed by atoms with Gasteiger partial charge in [0, 0.05) is 0 Å². The monoisotopic (exact) mass is 517 g/mol. The second kappa shape index (κ2) is 6.52. The molecule has 5 fully saturated rings. The zero-order valence-corrected chi connectivity index (χ0v) is 20.9. The van der Waals surface area contributed by atoms with Gasteiger partial charge in [-0.25, -0.2) is 0 Å². The first-order valence-electron chi connectivity index (χ1n) is 11.1. The molecule has 0 bridgehead atoms. The fourth-order valence-electron chi connectivity index (χ4n) is 9.01. The molecule has 0 aromatic heterocycles. The molecular weight excluding hydrogens is 477 g/mol. The summed E-state index contributed by atoms with van der Waals surface area (Å²) in [5.74, 6) is 7.14. The van der Waals surface area contributed by atoms with Crippen LogP contribution in [0, 0.1) is 40.9 Å². The Hall–Kier alpha value is 0.935. The van der Waals surface area contributed by atoms with Gasteiger partial charge in [-0.1, -0.05) is 7.43 Å². The van der Waals surface area contributed by atoms with Crippen molar-refractivity contribution in [3.8, 4) is 0 Å².